The predicted octanol–water partition coefficient (Wildman–Crippen LogP) is 1.82. The van der Waals surface area contributed by atoms with E-state index in [-0.39, 0.29) is 11.5 Å². The molecule has 2 rings (SSSR count). The summed E-state index contributed by atoms with van der Waals surface area (Å²) < 4.78 is 1.94. The molecule has 0 aliphatic carbocycles. The fraction of sp³-hybridized carbons (Fsp3) is 0.400. The zero-order valence-electron chi connectivity index (χ0n) is 12.2. The van der Waals surface area contributed by atoms with Gasteiger partial charge in [-0.05, 0) is 24.6 Å². The van der Waals surface area contributed by atoms with Crippen LogP contribution in [-0.4, -0.2) is 33.6 Å². The standard InChI is InChI=1S/C15H19N3O3/c1-3-4-13-17-11-6-5-10(15(20)21)9-12(11)18(13)8-7-14(19)16-2/h5-6,9H,3-4,7-8H2,1-2H3,(H,16,19)(H,20,21). The van der Waals surface area contributed by atoms with E-state index in [2.05, 4.69) is 17.2 Å². The summed E-state index contributed by atoms with van der Waals surface area (Å²) in [4.78, 5) is 27.1. The zero-order chi connectivity index (χ0) is 15.4. The molecule has 0 aliphatic heterocycles. The summed E-state index contributed by atoms with van der Waals surface area (Å²) in [5.41, 5.74) is 1.76. The van der Waals surface area contributed by atoms with Crippen LogP contribution in [0, 0.1) is 0 Å². The number of hydrogen-bond donors (Lipinski definition) is 2. The Bertz CT molecular complexity index is 676. The van der Waals surface area contributed by atoms with Crippen LogP contribution in [0.2, 0.25) is 0 Å². The highest BCUT2D eigenvalue weighted by atomic mass is 16.4. The molecule has 2 aromatic rings. The molecular weight excluding hydrogens is 270 g/mol. The quantitative estimate of drug-likeness (QED) is 0.849. The molecule has 0 spiro atoms. The van der Waals surface area contributed by atoms with Gasteiger partial charge in [0, 0.05) is 26.4 Å². The lowest BCUT2D eigenvalue weighted by Gasteiger charge is -2.08. The molecule has 112 valence electrons. The van der Waals surface area contributed by atoms with Crippen molar-refractivity contribution < 1.29 is 14.7 Å². The fourth-order valence-corrected chi connectivity index (χ4v) is 2.31. The van der Waals surface area contributed by atoms with Gasteiger partial charge in [0.05, 0.1) is 16.6 Å². The highest BCUT2D eigenvalue weighted by molar-refractivity contribution is 5.92. The minimum absolute atomic E-state index is 0.0475. The van der Waals surface area contributed by atoms with Gasteiger partial charge in [-0.1, -0.05) is 6.92 Å². The van der Waals surface area contributed by atoms with Crippen LogP contribution in [-0.2, 0) is 17.8 Å². The van der Waals surface area contributed by atoms with E-state index >= 15 is 0 Å². The number of carbonyl (C=O) groups is 2. The fourth-order valence-electron chi connectivity index (χ4n) is 2.31. The molecule has 21 heavy (non-hydrogen) atoms. The normalized spacial score (nSPS) is 10.8. The van der Waals surface area contributed by atoms with Crippen LogP contribution in [0.25, 0.3) is 11.0 Å². The van der Waals surface area contributed by atoms with Gasteiger partial charge in [-0.2, -0.15) is 0 Å². The van der Waals surface area contributed by atoms with Crippen molar-refractivity contribution in [3.05, 3.63) is 29.6 Å². The number of aryl methyl sites for hydroxylation is 2. The number of benzene rings is 1. The molecule has 1 aromatic heterocycles. The molecule has 2 N–H and O–H groups in total. The predicted molar refractivity (Wildman–Crippen MR) is 79.4 cm³/mol. The summed E-state index contributed by atoms with van der Waals surface area (Å²) in [6.45, 7) is 2.56. The Balaban J connectivity index is 2.45. The smallest absolute Gasteiger partial charge is 0.335 e. The van der Waals surface area contributed by atoms with Crippen molar-refractivity contribution in [2.24, 2.45) is 0 Å². The van der Waals surface area contributed by atoms with E-state index in [9.17, 15) is 9.59 Å². The lowest BCUT2D eigenvalue weighted by Crippen LogP contribution is -2.20. The Hall–Kier alpha value is -2.37. The van der Waals surface area contributed by atoms with Gasteiger partial charge in [0.1, 0.15) is 5.82 Å². The molecule has 0 fully saturated rings. The summed E-state index contributed by atoms with van der Waals surface area (Å²) in [5.74, 6) is -0.124. The second kappa shape index (κ2) is 6.39. The topological polar surface area (TPSA) is 84.2 Å². The van der Waals surface area contributed by atoms with E-state index in [1.807, 2.05) is 4.57 Å². The first-order valence-electron chi connectivity index (χ1n) is 6.99. The van der Waals surface area contributed by atoms with Crippen molar-refractivity contribution in [3.8, 4) is 0 Å². The number of fused-ring (bicyclic) bond motifs is 1. The molecule has 1 heterocycles. The summed E-state index contributed by atoms with van der Waals surface area (Å²) in [6.07, 6.45) is 2.08. The number of carboxylic acids is 1. The van der Waals surface area contributed by atoms with E-state index in [1.54, 1.807) is 25.2 Å². The third kappa shape index (κ3) is 3.21. The van der Waals surface area contributed by atoms with Crippen LogP contribution >= 0.6 is 0 Å². The first-order valence-corrected chi connectivity index (χ1v) is 6.99. The molecule has 1 amide bonds. The van der Waals surface area contributed by atoms with Crippen molar-refractivity contribution in [2.45, 2.75) is 32.7 Å². The van der Waals surface area contributed by atoms with E-state index in [4.69, 9.17) is 5.11 Å². The van der Waals surface area contributed by atoms with Crippen molar-refractivity contribution >= 4 is 22.9 Å². The Morgan fingerprint density at radius 3 is 2.76 bits per heavy atom. The minimum atomic E-state index is -0.965. The van der Waals surface area contributed by atoms with E-state index in [1.165, 1.54) is 0 Å². The van der Waals surface area contributed by atoms with Crippen LogP contribution < -0.4 is 5.32 Å². The minimum Gasteiger partial charge on any atom is -0.478 e. The molecule has 1 aromatic carbocycles. The van der Waals surface area contributed by atoms with Crippen LogP contribution in [0.1, 0.15) is 35.9 Å². The van der Waals surface area contributed by atoms with E-state index in [0.717, 1.165) is 29.7 Å². The average Bonchev–Trinajstić information content (AvgIpc) is 2.81. The van der Waals surface area contributed by atoms with Gasteiger partial charge in [-0.3, -0.25) is 4.79 Å². The molecule has 0 saturated carbocycles. The lowest BCUT2D eigenvalue weighted by molar-refractivity contribution is -0.120. The number of rotatable bonds is 6. The first-order chi connectivity index (χ1) is 10.1. The number of amides is 1. The lowest BCUT2D eigenvalue weighted by atomic mass is 10.2. The maximum Gasteiger partial charge on any atom is 0.335 e. The summed E-state index contributed by atoms with van der Waals surface area (Å²) >= 11 is 0. The van der Waals surface area contributed by atoms with Crippen LogP contribution in [0.3, 0.4) is 0 Å². The van der Waals surface area contributed by atoms with E-state index in [0.29, 0.717) is 13.0 Å². The average molecular weight is 289 g/mol. The monoisotopic (exact) mass is 289 g/mol. The zero-order valence-corrected chi connectivity index (χ0v) is 12.2. The van der Waals surface area contributed by atoms with Crippen molar-refractivity contribution in [1.82, 2.24) is 14.9 Å². The highest BCUT2D eigenvalue weighted by Crippen LogP contribution is 2.20. The van der Waals surface area contributed by atoms with Gasteiger partial charge < -0.3 is 15.0 Å². The van der Waals surface area contributed by atoms with Crippen LogP contribution in [0.5, 0.6) is 0 Å². The molecule has 6 heteroatoms. The Morgan fingerprint density at radius 1 is 1.38 bits per heavy atom. The molecule has 0 unspecified atom stereocenters. The molecule has 0 bridgehead atoms. The van der Waals surface area contributed by atoms with Gasteiger partial charge in [-0.25, -0.2) is 9.78 Å². The van der Waals surface area contributed by atoms with Gasteiger partial charge in [0.2, 0.25) is 5.91 Å². The maximum atomic E-state index is 11.4. The van der Waals surface area contributed by atoms with Crippen LogP contribution in [0.15, 0.2) is 18.2 Å². The summed E-state index contributed by atoms with van der Waals surface area (Å²) in [5, 5.41) is 11.7. The van der Waals surface area contributed by atoms with Gasteiger partial charge in [0.25, 0.3) is 0 Å². The Labute approximate surface area is 122 Å². The molecule has 0 saturated heterocycles. The first kappa shape index (κ1) is 15.0. The number of carbonyl (C=O) groups excluding carboxylic acids is 1. The molecular formula is C15H19N3O3. The molecule has 0 radical (unpaired) electrons. The number of nitrogens with one attached hydrogen (secondary N) is 1. The number of aromatic nitrogens is 2. The number of imidazole rings is 1. The Morgan fingerprint density at radius 2 is 2.14 bits per heavy atom. The number of nitrogens with zero attached hydrogens (tertiary/aromatic N) is 2. The number of aromatic carboxylic acids is 1. The van der Waals surface area contributed by atoms with E-state index < -0.39 is 5.97 Å². The number of carboxylic acid groups (broad SMARTS) is 1. The highest BCUT2D eigenvalue weighted by Gasteiger charge is 2.13. The van der Waals surface area contributed by atoms with Crippen molar-refractivity contribution in [2.75, 3.05) is 7.05 Å². The molecule has 0 aliphatic rings. The van der Waals surface area contributed by atoms with Gasteiger partial charge in [-0.15, -0.1) is 0 Å². The second-order valence-corrected chi connectivity index (χ2v) is 4.86. The Kier molecular flexibility index (Phi) is 4.57. The molecule has 0 atom stereocenters. The second-order valence-electron chi connectivity index (χ2n) is 4.86. The third-order valence-corrected chi connectivity index (χ3v) is 3.39. The van der Waals surface area contributed by atoms with Crippen molar-refractivity contribution in [3.63, 3.8) is 0 Å². The third-order valence-electron chi connectivity index (χ3n) is 3.39. The SMILES string of the molecule is CCCc1nc2ccc(C(=O)O)cc2n1CCC(=O)NC. The van der Waals surface area contributed by atoms with Gasteiger partial charge in [0.15, 0.2) is 0 Å². The van der Waals surface area contributed by atoms with Crippen LogP contribution in [0.4, 0.5) is 0 Å². The summed E-state index contributed by atoms with van der Waals surface area (Å²) in [6, 6.07) is 4.89. The summed E-state index contributed by atoms with van der Waals surface area (Å²) in [7, 11) is 1.60. The number of hydrogen-bond acceptors (Lipinski definition) is 3. The van der Waals surface area contributed by atoms with Crippen molar-refractivity contribution in [1.29, 1.82) is 0 Å². The molecule has 6 nitrogen and oxygen atoms in total. The maximum absolute atomic E-state index is 11.4. The van der Waals surface area contributed by atoms with Gasteiger partial charge >= 0.3 is 5.97 Å². The largest absolute Gasteiger partial charge is 0.478 e.